The predicted molar refractivity (Wildman–Crippen MR) is 69.5 cm³/mol. The Labute approximate surface area is 113 Å². The van der Waals surface area contributed by atoms with Gasteiger partial charge in [0.05, 0.1) is 5.54 Å². The fourth-order valence-corrected chi connectivity index (χ4v) is 1.85. The Hall–Kier alpha value is -1.27. The van der Waals surface area contributed by atoms with Crippen LogP contribution in [0.4, 0.5) is 4.39 Å². The molecule has 0 radical (unpaired) electrons. The summed E-state index contributed by atoms with van der Waals surface area (Å²) in [5, 5.41) is 6.93. The van der Waals surface area contributed by atoms with Crippen molar-refractivity contribution in [1.82, 2.24) is 15.5 Å². The van der Waals surface area contributed by atoms with Gasteiger partial charge in [0.1, 0.15) is 5.82 Å². The van der Waals surface area contributed by atoms with Gasteiger partial charge in [-0.05, 0) is 39.1 Å². The Kier molecular flexibility index (Phi) is 3.49. The van der Waals surface area contributed by atoms with Crippen LogP contribution in [-0.4, -0.2) is 17.2 Å². The predicted octanol–water partition coefficient (Wildman–Crippen LogP) is 3.09. The van der Waals surface area contributed by atoms with E-state index in [1.54, 1.807) is 6.07 Å². The highest BCUT2D eigenvalue weighted by Crippen LogP contribution is 2.25. The number of aromatic nitrogens is 2. The van der Waals surface area contributed by atoms with Crippen LogP contribution in [0.15, 0.2) is 27.2 Å². The third-order valence-electron chi connectivity index (χ3n) is 2.71. The van der Waals surface area contributed by atoms with Crippen molar-refractivity contribution in [2.45, 2.75) is 19.4 Å². The Balaban J connectivity index is 2.41. The van der Waals surface area contributed by atoms with Gasteiger partial charge in [-0.2, -0.15) is 4.98 Å². The third kappa shape index (κ3) is 2.59. The van der Waals surface area contributed by atoms with E-state index in [9.17, 15) is 4.39 Å². The minimum atomic E-state index is -0.421. The second-order valence-corrected chi connectivity index (χ2v) is 5.37. The standard InChI is InChI=1S/C12H13BrFN3O/c1-12(2,15-3)11-16-10(17-18-11)7-4-8(13)6-9(14)5-7/h4-6,15H,1-3H3. The van der Waals surface area contributed by atoms with Crippen molar-refractivity contribution < 1.29 is 8.91 Å². The van der Waals surface area contributed by atoms with Gasteiger partial charge in [0.2, 0.25) is 11.7 Å². The van der Waals surface area contributed by atoms with Crippen molar-refractivity contribution in [1.29, 1.82) is 0 Å². The smallest absolute Gasteiger partial charge is 0.246 e. The lowest BCUT2D eigenvalue weighted by molar-refractivity contribution is 0.281. The fraction of sp³-hybridized carbons (Fsp3) is 0.333. The zero-order chi connectivity index (χ0) is 13.3. The van der Waals surface area contributed by atoms with Crippen LogP contribution in [0.2, 0.25) is 0 Å². The van der Waals surface area contributed by atoms with E-state index >= 15 is 0 Å². The zero-order valence-electron chi connectivity index (χ0n) is 10.3. The molecule has 0 aliphatic carbocycles. The van der Waals surface area contributed by atoms with E-state index in [1.807, 2.05) is 20.9 Å². The first-order valence-corrected chi connectivity index (χ1v) is 6.21. The molecule has 4 nitrogen and oxygen atoms in total. The van der Waals surface area contributed by atoms with Crippen LogP contribution in [0.25, 0.3) is 11.4 Å². The maximum absolute atomic E-state index is 13.3. The molecule has 0 atom stereocenters. The first kappa shape index (κ1) is 13.2. The summed E-state index contributed by atoms with van der Waals surface area (Å²) in [6.45, 7) is 3.84. The Bertz CT molecular complexity index is 548. The molecule has 18 heavy (non-hydrogen) atoms. The number of nitrogens with one attached hydrogen (secondary N) is 1. The molecule has 0 amide bonds. The molecule has 0 aliphatic heterocycles. The molecule has 1 aromatic carbocycles. The maximum Gasteiger partial charge on any atom is 0.246 e. The van der Waals surface area contributed by atoms with E-state index in [-0.39, 0.29) is 5.82 Å². The van der Waals surface area contributed by atoms with Gasteiger partial charge < -0.3 is 9.84 Å². The molecule has 2 rings (SSSR count). The van der Waals surface area contributed by atoms with Gasteiger partial charge in [-0.25, -0.2) is 4.39 Å². The van der Waals surface area contributed by atoms with E-state index in [0.717, 1.165) is 0 Å². The number of rotatable bonds is 3. The average molecular weight is 314 g/mol. The summed E-state index contributed by atoms with van der Waals surface area (Å²) in [7, 11) is 1.81. The van der Waals surface area contributed by atoms with Crippen LogP contribution in [-0.2, 0) is 5.54 Å². The molecule has 0 unspecified atom stereocenters. The largest absolute Gasteiger partial charge is 0.337 e. The first-order chi connectivity index (χ1) is 8.42. The summed E-state index contributed by atoms with van der Waals surface area (Å²) in [6, 6.07) is 4.48. The lowest BCUT2D eigenvalue weighted by atomic mass is 10.1. The second-order valence-electron chi connectivity index (χ2n) is 4.46. The summed E-state index contributed by atoms with van der Waals surface area (Å²) < 4.78 is 19.1. The number of benzene rings is 1. The van der Waals surface area contributed by atoms with Crippen molar-refractivity contribution >= 4 is 15.9 Å². The third-order valence-corrected chi connectivity index (χ3v) is 3.16. The highest BCUT2D eigenvalue weighted by atomic mass is 79.9. The number of halogens is 2. The van der Waals surface area contributed by atoms with Gasteiger partial charge in [0, 0.05) is 10.0 Å². The summed E-state index contributed by atoms with van der Waals surface area (Å²) in [4.78, 5) is 4.28. The minimum Gasteiger partial charge on any atom is -0.337 e. The van der Waals surface area contributed by atoms with E-state index < -0.39 is 5.54 Å². The first-order valence-electron chi connectivity index (χ1n) is 5.42. The molecule has 0 fully saturated rings. The summed E-state index contributed by atoms with van der Waals surface area (Å²) >= 11 is 3.23. The quantitative estimate of drug-likeness (QED) is 0.946. The number of nitrogens with zero attached hydrogens (tertiary/aromatic N) is 2. The van der Waals surface area contributed by atoms with Crippen LogP contribution in [0, 0.1) is 5.82 Å². The molecule has 0 spiro atoms. The van der Waals surface area contributed by atoms with Gasteiger partial charge in [0.15, 0.2) is 0 Å². The van der Waals surface area contributed by atoms with Gasteiger partial charge in [-0.1, -0.05) is 21.1 Å². The van der Waals surface area contributed by atoms with E-state index in [0.29, 0.717) is 21.8 Å². The molecule has 0 bridgehead atoms. The minimum absolute atomic E-state index is 0.349. The highest BCUT2D eigenvalue weighted by molar-refractivity contribution is 9.10. The Morgan fingerprint density at radius 1 is 1.33 bits per heavy atom. The van der Waals surface area contributed by atoms with E-state index in [4.69, 9.17) is 4.52 Å². The van der Waals surface area contributed by atoms with Crippen molar-refractivity contribution in [3.63, 3.8) is 0 Å². The van der Waals surface area contributed by atoms with Gasteiger partial charge >= 0.3 is 0 Å². The van der Waals surface area contributed by atoms with Gasteiger partial charge in [0.25, 0.3) is 0 Å². The van der Waals surface area contributed by atoms with Crippen LogP contribution in [0.1, 0.15) is 19.7 Å². The fourth-order valence-electron chi connectivity index (χ4n) is 1.38. The van der Waals surface area contributed by atoms with Crippen molar-refractivity contribution in [3.05, 3.63) is 34.4 Å². The van der Waals surface area contributed by atoms with Crippen LogP contribution in [0.3, 0.4) is 0 Å². The zero-order valence-corrected chi connectivity index (χ0v) is 11.9. The molecular formula is C12H13BrFN3O. The monoisotopic (exact) mass is 313 g/mol. The molecule has 6 heteroatoms. The molecule has 0 saturated heterocycles. The maximum atomic E-state index is 13.3. The highest BCUT2D eigenvalue weighted by Gasteiger charge is 2.25. The Morgan fingerprint density at radius 3 is 2.67 bits per heavy atom. The summed E-state index contributed by atoms with van der Waals surface area (Å²) in [5.41, 5.74) is 0.152. The van der Waals surface area contributed by atoms with Crippen LogP contribution >= 0.6 is 15.9 Å². The van der Waals surface area contributed by atoms with Gasteiger partial charge in [-0.15, -0.1) is 0 Å². The average Bonchev–Trinajstić information content (AvgIpc) is 2.77. The van der Waals surface area contributed by atoms with Crippen LogP contribution in [0.5, 0.6) is 0 Å². The molecule has 2 aromatic rings. The van der Waals surface area contributed by atoms with Crippen molar-refractivity contribution in [3.8, 4) is 11.4 Å². The molecule has 1 heterocycles. The lowest BCUT2D eigenvalue weighted by Crippen LogP contribution is -2.33. The molecule has 1 aromatic heterocycles. The molecule has 1 N–H and O–H groups in total. The number of hydrogen-bond donors (Lipinski definition) is 1. The summed E-state index contributed by atoms with van der Waals surface area (Å²) in [6.07, 6.45) is 0. The lowest BCUT2D eigenvalue weighted by Gasteiger charge is -2.17. The second kappa shape index (κ2) is 4.78. The molecule has 0 aliphatic rings. The molecular weight excluding hydrogens is 301 g/mol. The van der Waals surface area contributed by atoms with Crippen molar-refractivity contribution in [2.24, 2.45) is 0 Å². The molecule has 0 saturated carbocycles. The van der Waals surface area contributed by atoms with Crippen LogP contribution < -0.4 is 5.32 Å². The summed E-state index contributed by atoms with van der Waals surface area (Å²) in [5.74, 6) is 0.479. The molecule has 96 valence electrons. The number of hydrogen-bond acceptors (Lipinski definition) is 4. The Morgan fingerprint density at radius 2 is 2.06 bits per heavy atom. The topological polar surface area (TPSA) is 51.0 Å². The SMILES string of the molecule is CNC(C)(C)c1nc(-c2cc(F)cc(Br)c2)no1. The normalized spacial score (nSPS) is 11.8. The van der Waals surface area contributed by atoms with Crippen molar-refractivity contribution in [2.75, 3.05) is 7.05 Å². The van der Waals surface area contributed by atoms with E-state index in [1.165, 1.54) is 12.1 Å². The van der Waals surface area contributed by atoms with Gasteiger partial charge in [-0.3, -0.25) is 0 Å². The van der Waals surface area contributed by atoms with E-state index in [2.05, 4.69) is 31.4 Å².